The fourth-order valence-electron chi connectivity index (χ4n) is 2.30. The number of fused-ring (bicyclic) bond motifs is 3. The maximum atomic E-state index is 9.42. The lowest BCUT2D eigenvalue weighted by Gasteiger charge is -2.02. The summed E-state index contributed by atoms with van der Waals surface area (Å²) in [4.78, 5) is 0. The number of benzene rings is 1. The minimum atomic E-state index is -0.0910. The molecule has 0 spiro atoms. The van der Waals surface area contributed by atoms with Gasteiger partial charge in [-0.15, -0.1) is 0 Å². The van der Waals surface area contributed by atoms with Crippen molar-refractivity contribution in [2.75, 3.05) is 0 Å². The molecule has 16 heavy (non-hydrogen) atoms. The molecular weight excluding hydrogens is 204 g/mol. The fraction of sp³-hybridized carbons (Fsp3) is 0.250. The maximum absolute atomic E-state index is 9.42. The van der Waals surface area contributed by atoms with Crippen LogP contribution in [0, 0.1) is 6.92 Å². The van der Waals surface area contributed by atoms with Gasteiger partial charge in [0.1, 0.15) is 12.5 Å². The first-order valence-electron chi connectivity index (χ1n) is 5.20. The molecule has 0 bridgehead atoms. The highest BCUT2D eigenvalue weighted by Crippen LogP contribution is 2.38. The van der Waals surface area contributed by atoms with Crippen molar-refractivity contribution in [2.24, 2.45) is 0 Å². The van der Waals surface area contributed by atoms with E-state index in [1.807, 2.05) is 13.0 Å². The molecule has 4 nitrogen and oxygen atoms in total. The van der Waals surface area contributed by atoms with E-state index in [0.717, 1.165) is 34.5 Å². The first-order valence-corrected chi connectivity index (χ1v) is 5.20. The average molecular weight is 216 g/mol. The highest BCUT2D eigenvalue weighted by molar-refractivity contribution is 5.75. The molecule has 2 N–H and O–H groups in total. The molecule has 0 radical (unpaired) electrons. The molecule has 1 aromatic heterocycles. The zero-order valence-electron chi connectivity index (χ0n) is 8.94. The van der Waals surface area contributed by atoms with Gasteiger partial charge in [-0.05, 0) is 30.7 Å². The quantitative estimate of drug-likeness (QED) is 0.646. The second-order valence-electron chi connectivity index (χ2n) is 4.07. The van der Waals surface area contributed by atoms with Crippen molar-refractivity contribution >= 4 is 0 Å². The lowest BCUT2D eigenvalue weighted by Crippen LogP contribution is -2.02. The molecule has 0 atom stereocenters. The van der Waals surface area contributed by atoms with Crippen molar-refractivity contribution in [1.82, 2.24) is 9.78 Å². The van der Waals surface area contributed by atoms with Gasteiger partial charge in [0.15, 0.2) is 0 Å². The summed E-state index contributed by atoms with van der Waals surface area (Å²) < 4.78 is 1.60. The van der Waals surface area contributed by atoms with Gasteiger partial charge < -0.3 is 10.2 Å². The van der Waals surface area contributed by atoms with Crippen molar-refractivity contribution in [3.8, 4) is 17.0 Å². The van der Waals surface area contributed by atoms with Crippen molar-refractivity contribution in [3.05, 3.63) is 35.0 Å². The zero-order valence-corrected chi connectivity index (χ0v) is 8.94. The van der Waals surface area contributed by atoms with E-state index in [4.69, 9.17) is 5.11 Å². The van der Waals surface area contributed by atoms with Crippen molar-refractivity contribution in [1.29, 1.82) is 0 Å². The number of nitrogens with zero attached hydrogens (tertiary/aromatic N) is 2. The van der Waals surface area contributed by atoms with Crippen LogP contribution in [0.1, 0.15) is 16.8 Å². The second-order valence-corrected chi connectivity index (χ2v) is 4.07. The molecule has 0 saturated carbocycles. The molecule has 1 aliphatic carbocycles. The Labute approximate surface area is 92.8 Å². The van der Waals surface area contributed by atoms with E-state index in [0.29, 0.717) is 0 Å². The summed E-state index contributed by atoms with van der Waals surface area (Å²) in [6.45, 7) is 1.86. The highest BCUT2D eigenvalue weighted by Gasteiger charge is 2.25. The average Bonchev–Trinajstić information content (AvgIpc) is 2.75. The first kappa shape index (κ1) is 9.42. The van der Waals surface area contributed by atoms with Crippen molar-refractivity contribution in [2.45, 2.75) is 20.1 Å². The standard InChI is InChI=1S/C12H12N2O2/c1-7-11-5-8-4-9(16)2-3-10(8)12(11)13-14(7)6-15/h2-4,15-16H,5-6H2,1H3. The topological polar surface area (TPSA) is 58.3 Å². The number of phenols is 1. The van der Waals surface area contributed by atoms with Gasteiger partial charge in [-0.25, -0.2) is 4.68 Å². The lowest BCUT2D eigenvalue weighted by molar-refractivity contribution is 0.192. The van der Waals surface area contributed by atoms with Gasteiger partial charge in [0.05, 0.1) is 5.69 Å². The van der Waals surface area contributed by atoms with E-state index < -0.39 is 0 Å². The fourth-order valence-corrected chi connectivity index (χ4v) is 2.30. The summed E-state index contributed by atoms with van der Waals surface area (Å²) in [5.74, 6) is 0.289. The Morgan fingerprint density at radius 2 is 2.25 bits per heavy atom. The lowest BCUT2D eigenvalue weighted by atomic mass is 10.1. The van der Waals surface area contributed by atoms with Crippen LogP contribution in [0.5, 0.6) is 5.75 Å². The van der Waals surface area contributed by atoms with Crippen LogP contribution in [-0.4, -0.2) is 20.0 Å². The number of phenolic OH excluding ortho intramolecular Hbond substituents is 1. The predicted molar refractivity (Wildman–Crippen MR) is 59.1 cm³/mol. The molecule has 0 saturated heterocycles. The molecule has 82 valence electrons. The van der Waals surface area contributed by atoms with E-state index in [-0.39, 0.29) is 12.5 Å². The number of rotatable bonds is 1. The van der Waals surface area contributed by atoms with Crippen LogP contribution in [-0.2, 0) is 13.2 Å². The van der Waals surface area contributed by atoms with Crippen LogP contribution in [0.3, 0.4) is 0 Å². The van der Waals surface area contributed by atoms with Gasteiger partial charge in [0.2, 0.25) is 0 Å². The number of hydrogen-bond donors (Lipinski definition) is 2. The van der Waals surface area contributed by atoms with Gasteiger partial charge >= 0.3 is 0 Å². The molecule has 0 unspecified atom stereocenters. The number of aromatic hydroxyl groups is 1. The third-order valence-corrected chi connectivity index (χ3v) is 3.18. The summed E-state index contributed by atoms with van der Waals surface area (Å²) in [6, 6.07) is 5.33. The van der Waals surface area contributed by atoms with Crippen LogP contribution >= 0.6 is 0 Å². The molecule has 0 aliphatic heterocycles. The van der Waals surface area contributed by atoms with Gasteiger partial charge in [-0.1, -0.05) is 0 Å². The monoisotopic (exact) mass is 216 g/mol. The van der Waals surface area contributed by atoms with Crippen LogP contribution in [0.25, 0.3) is 11.3 Å². The Bertz CT molecular complexity index is 573. The normalized spacial score (nSPS) is 12.6. The number of aromatic nitrogens is 2. The molecule has 1 heterocycles. The van der Waals surface area contributed by atoms with Crippen LogP contribution in [0.15, 0.2) is 18.2 Å². The number of hydrogen-bond acceptors (Lipinski definition) is 3. The van der Waals surface area contributed by atoms with E-state index in [1.165, 1.54) is 0 Å². The Hall–Kier alpha value is -1.81. The minimum Gasteiger partial charge on any atom is -0.508 e. The van der Waals surface area contributed by atoms with Crippen LogP contribution < -0.4 is 0 Å². The third-order valence-electron chi connectivity index (χ3n) is 3.18. The van der Waals surface area contributed by atoms with Crippen LogP contribution in [0.2, 0.25) is 0 Å². The molecule has 0 amide bonds. The Kier molecular flexibility index (Phi) is 1.82. The molecule has 3 rings (SSSR count). The molecule has 1 aromatic carbocycles. The summed E-state index contributed by atoms with van der Waals surface area (Å²) in [6.07, 6.45) is 0.783. The molecule has 1 aliphatic rings. The van der Waals surface area contributed by atoms with Crippen molar-refractivity contribution < 1.29 is 10.2 Å². The molecule has 4 heteroatoms. The predicted octanol–water partition coefficient (Wildman–Crippen LogP) is 1.42. The maximum Gasteiger partial charge on any atom is 0.136 e. The SMILES string of the molecule is Cc1c2c(nn1CO)-c1ccc(O)cc1C2. The van der Waals surface area contributed by atoms with Crippen molar-refractivity contribution in [3.63, 3.8) is 0 Å². The smallest absolute Gasteiger partial charge is 0.136 e. The highest BCUT2D eigenvalue weighted by atomic mass is 16.3. The largest absolute Gasteiger partial charge is 0.508 e. The summed E-state index contributed by atoms with van der Waals surface area (Å²) in [7, 11) is 0. The minimum absolute atomic E-state index is 0.0910. The third kappa shape index (κ3) is 1.10. The molecule has 0 fully saturated rings. The van der Waals surface area contributed by atoms with E-state index >= 15 is 0 Å². The Morgan fingerprint density at radius 3 is 3.00 bits per heavy atom. The Morgan fingerprint density at radius 1 is 1.44 bits per heavy atom. The Balaban J connectivity index is 2.21. The van der Waals surface area contributed by atoms with Crippen LogP contribution in [0.4, 0.5) is 0 Å². The summed E-state index contributed by atoms with van der Waals surface area (Å²) >= 11 is 0. The summed E-state index contributed by atoms with van der Waals surface area (Å²) in [5, 5.41) is 22.9. The van der Waals surface area contributed by atoms with Gasteiger partial charge in [0, 0.05) is 23.2 Å². The second kappa shape index (κ2) is 3.09. The van der Waals surface area contributed by atoms with Gasteiger partial charge in [0.25, 0.3) is 0 Å². The zero-order chi connectivity index (χ0) is 11.3. The first-order chi connectivity index (χ1) is 7.70. The van der Waals surface area contributed by atoms with E-state index in [1.54, 1.807) is 16.8 Å². The summed E-state index contributed by atoms with van der Waals surface area (Å²) in [5.41, 5.74) is 5.23. The van der Waals surface area contributed by atoms with Gasteiger partial charge in [-0.3, -0.25) is 0 Å². The number of aliphatic hydroxyl groups is 1. The molecule has 2 aromatic rings. The van der Waals surface area contributed by atoms with E-state index in [2.05, 4.69) is 5.10 Å². The molecular formula is C12H12N2O2. The number of aliphatic hydroxyl groups excluding tert-OH is 1. The van der Waals surface area contributed by atoms with Gasteiger partial charge in [-0.2, -0.15) is 5.10 Å². The van der Waals surface area contributed by atoms with E-state index in [9.17, 15) is 5.11 Å².